The van der Waals surface area contributed by atoms with Gasteiger partial charge in [0.15, 0.2) is 11.6 Å². The lowest BCUT2D eigenvalue weighted by Crippen LogP contribution is -2.50. The van der Waals surface area contributed by atoms with E-state index in [1.54, 1.807) is 30.3 Å². The molecule has 0 amide bonds. The van der Waals surface area contributed by atoms with E-state index in [9.17, 15) is 13.5 Å². The highest BCUT2D eigenvalue weighted by Gasteiger charge is 2.33. The van der Waals surface area contributed by atoms with Crippen LogP contribution in [0.25, 0.3) is 0 Å². The van der Waals surface area contributed by atoms with Crippen molar-refractivity contribution in [3.63, 3.8) is 0 Å². The van der Waals surface area contributed by atoms with Gasteiger partial charge < -0.3 is 24.2 Å². The van der Waals surface area contributed by atoms with E-state index in [4.69, 9.17) is 14.2 Å². The van der Waals surface area contributed by atoms with Crippen LogP contribution in [0.5, 0.6) is 23.0 Å². The number of aromatic nitrogens is 2. The quantitative estimate of drug-likeness (QED) is 0.279. The summed E-state index contributed by atoms with van der Waals surface area (Å²) < 4.78 is 79.2. The number of β-amino-alcohol motifs (C(OH)–C–C–N with tert-alkyl or cyclic N) is 1. The molecule has 0 bridgehead atoms. The number of hydrogen-bond donors (Lipinski definition) is 1. The van der Waals surface area contributed by atoms with Crippen molar-refractivity contribution < 1.29 is 36.5 Å². The zero-order valence-corrected chi connectivity index (χ0v) is 23.9. The lowest BCUT2D eigenvalue weighted by Gasteiger charge is -2.38. The number of aliphatic hydroxyl groups excluding tert-OH is 1. The van der Waals surface area contributed by atoms with E-state index in [-0.39, 0.29) is 17.4 Å². The minimum absolute atomic E-state index is 0.0496. The Hall–Kier alpha value is -4.01. The fourth-order valence-electron chi connectivity index (χ4n) is 4.34. The Morgan fingerprint density at radius 2 is 1.80 bits per heavy atom. The van der Waals surface area contributed by atoms with Crippen LogP contribution < -0.4 is 23.4 Å². The molecular weight excluding hydrogens is 578 g/mol. The summed E-state index contributed by atoms with van der Waals surface area (Å²) in [6.07, 6.45) is 0.741. The molecule has 0 aliphatic carbocycles. The summed E-state index contributed by atoms with van der Waals surface area (Å²) >= 11 is 0.779. The van der Waals surface area contributed by atoms with Crippen LogP contribution >= 0.6 is 11.5 Å². The van der Waals surface area contributed by atoms with E-state index in [2.05, 4.69) is 9.36 Å². The van der Waals surface area contributed by atoms with Gasteiger partial charge in [0.05, 0.1) is 26.9 Å². The number of rotatable bonds is 10. The number of nitrogens with zero attached hydrogens (tertiary/aromatic N) is 4. The van der Waals surface area contributed by atoms with Crippen LogP contribution in [0.1, 0.15) is 11.1 Å². The second-order valence-corrected chi connectivity index (χ2v) is 11.9. The van der Waals surface area contributed by atoms with Crippen LogP contribution in [-0.2, 0) is 16.6 Å². The molecule has 2 heterocycles. The van der Waals surface area contributed by atoms with Gasteiger partial charge in [-0.25, -0.2) is 26.5 Å². The third kappa shape index (κ3) is 5.89. The van der Waals surface area contributed by atoms with Crippen molar-refractivity contribution in [2.75, 3.05) is 36.5 Å². The zero-order valence-electron chi connectivity index (χ0n) is 22.2. The van der Waals surface area contributed by atoms with Crippen molar-refractivity contribution in [1.29, 1.82) is 0 Å². The zero-order chi connectivity index (χ0) is 29.3. The standard InChI is InChI=1S/C27H26F2N4O6S2/c1-16-6-18(32-13-19(34)14-32)8-21(7-16)39-25-10-23(29)26(11-22(25)28)41(35,36)33(27-30-15-31-40-27)12-17-4-5-20(37-2)9-24(17)38-3/h4-11,15,19,34H,12-14H2,1-3H3. The first-order chi connectivity index (χ1) is 19.6. The Morgan fingerprint density at radius 3 is 2.46 bits per heavy atom. The van der Waals surface area contributed by atoms with Gasteiger partial charge >= 0.3 is 0 Å². The summed E-state index contributed by atoms with van der Waals surface area (Å²) in [5, 5.41) is 9.56. The second-order valence-electron chi connectivity index (χ2n) is 9.29. The predicted octanol–water partition coefficient (Wildman–Crippen LogP) is 4.51. The number of aliphatic hydroxyl groups is 1. The summed E-state index contributed by atoms with van der Waals surface area (Å²) in [6.45, 7) is 2.41. The molecule has 0 atom stereocenters. The van der Waals surface area contributed by atoms with E-state index in [0.717, 1.165) is 27.1 Å². The van der Waals surface area contributed by atoms with Gasteiger partial charge in [-0.05, 0) is 36.8 Å². The smallest absolute Gasteiger partial charge is 0.269 e. The number of aryl methyl sites for hydroxylation is 1. The molecule has 41 heavy (non-hydrogen) atoms. The van der Waals surface area contributed by atoms with Crippen LogP contribution in [0, 0.1) is 18.6 Å². The van der Waals surface area contributed by atoms with E-state index in [0.29, 0.717) is 42.3 Å². The molecule has 1 aromatic heterocycles. The van der Waals surface area contributed by atoms with E-state index in [1.807, 2.05) is 17.9 Å². The maximum Gasteiger partial charge on any atom is 0.269 e. The van der Waals surface area contributed by atoms with Gasteiger partial charge in [0.2, 0.25) is 5.13 Å². The number of halogens is 2. The van der Waals surface area contributed by atoms with Crippen molar-refractivity contribution in [3.05, 3.63) is 77.6 Å². The number of anilines is 2. The lowest BCUT2D eigenvalue weighted by molar-refractivity contribution is 0.142. The van der Waals surface area contributed by atoms with Crippen LogP contribution in [-0.4, -0.2) is 56.3 Å². The summed E-state index contributed by atoms with van der Waals surface area (Å²) in [7, 11) is -1.78. The van der Waals surface area contributed by atoms with Gasteiger partial charge in [0.1, 0.15) is 34.3 Å². The number of sulfonamides is 1. The van der Waals surface area contributed by atoms with Crippen molar-refractivity contribution in [2.24, 2.45) is 0 Å². The molecule has 0 spiro atoms. The van der Waals surface area contributed by atoms with Crippen molar-refractivity contribution in [3.8, 4) is 23.0 Å². The van der Waals surface area contributed by atoms with Crippen molar-refractivity contribution >= 4 is 32.4 Å². The molecule has 1 aliphatic rings. The summed E-state index contributed by atoms with van der Waals surface area (Å²) in [5.74, 6) is -1.72. The Morgan fingerprint density at radius 1 is 1.02 bits per heavy atom. The summed E-state index contributed by atoms with van der Waals surface area (Å²) in [6, 6.07) is 11.2. The first kappa shape index (κ1) is 28.5. The molecule has 10 nitrogen and oxygen atoms in total. The molecule has 3 aromatic carbocycles. The summed E-state index contributed by atoms with van der Waals surface area (Å²) in [5.41, 5.74) is 1.99. The summed E-state index contributed by atoms with van der Waals surface area (Å²) in [4.78, 5) is 5.01. The normalized spacial score (nSPS) is 13.6. The van der Waals surface area contributed by atoms with E-state index >= 15 is 8.78 Å². The minimum Gasteiger partial charge on any atom is -0.497 e. The topological polar surface area (TPSA) is 114 Å². The maximum absolute atomic E-state index is 15.4. The third-order valence-corrected chi connectivity index (χ3v) is 8.97. The first-order valence-electron chi connectivity index (χ1n) is 12.3. The molecule has 0 saturated carbocycles. The number of hydrogen-bond acceptors (Lipinski definition) is 10. The Labute approximate surface area is 239 Å². The molecule has 14 heteroatoms. The lowest BCUT2D eigenvalue weighted by atomic mass is 10.1. The molecule has 0 unspecified atom stereocenters. The molecule has 0 radical (unpaired) electrons. The molecule has 1 fully saturated rings. The Kier molecular flexibility index (Phi) is 7.98. The predicted molar refractivity (Wildman–Crippen MR) is 149 cm³/mol. The fourth-order valence-corrected chi connectivity index (χ4v) is 6.53. The molecule has 1 aliphatic heterocycles. The Balaban J connectivity index is 1.47. The van der Waals surface area contributed by atoms with E-state index in [1.165, 1.54) is 20.5 Å². The van der Waals surface area contributed by atoms with Gasteiger partial charge in [-0.1, -0.05) is 0 Å². The largest absolute Gasteiger partial charge is 0.497 e. The van der Waals surface area contributed by atoms with Gasteiger partial charge in [-0.3, -0.25) is 0 Å². The maximum atomic E-state index is 15.4. The number of ether oxygens (including phenoxy) is 3. The molecule has 216 valence electrons. The molecule has 4 aromatic rings. The average molecular weight is 605 g/mol. The molecule has 5 rings (SSSR count). The SMILES string of the molecule is COc1ccc(CN(c2ncns2)S(=O)(=O)c2cc(F)c(Oc3cc(C)cc(N4CC(O)C4)c3)cc2F)c(OC)c1. The van der Waals surface area contributed by atoms with Crippen LogP contribution in [0.15, 0.2) is 59.8 Å². The van der Waals surface area contributed by atoms with Crippen molar-refractivity contribution in [1.82, 2.24) is 9.36 Å². The van der Waals surface area contributed by atoms with Crippen LogP contribution in [0.2, 0.25) is 0 Å². The second kappa shape index (κ2) is 11.5. The van der Waals surface area contributed by atoms with Crippen LogP contribution in [0.4, 0.5) is 19.6 Å². The minimum atomic E-state index is -4.68. The first-order valence-corrected chi connectivity index (χ1v) is 14.5. The van der Waals surface area contributed by atoms with Crippen molar-refractivity contribution in [2.45, 2.75) is 24.5 Å². The van der Waals surface area contributed by atoms with Crippen LogP contribution in [0.3, 0.4) is 0 Å². The average Bonchev–Trinajstić information content (AvgIpc) is 3.45. The highest BCUT2D eigenvalue weighted by molar-refractivity contribution is 7.93. The number of methoxy groups -OCH3 is 2. The van der Waals surface area contributed by atoms with Gasteiger partial charge in [-0.2, -0.15) is 4.37 Å². The molecule has 1 N–H and O–H groups in total. The number of benzene rings is 3. The molecule has 1 saturated heterocycles. The van der Waals surface area contributed by atoms with Gasteiger partial charge in [0, 0.05) is 60.1 Å². The highest BCUT2D eigenvalue weighted by Crippen LogP contribution is 2.36. The Bertz CT molecular complexity index is 1660. The highest BCUT2D eigenvalue weighted by atomic mass is 32.2. The fraction of sp³-hybridized carbons (Fsp3) is 0.259. The van der Waals surface area contributed by atoms with Gasteiger partial charge in [0.25, 0.3) is 10.0 Å². The van der Waals surface area contributed by atoms with E-state index < -0.39 is 38.4 Å². The third-order valence-electron chi connectivity index (χ3n) is 6.42. The van der Waals surface area contributed by atoms with Gasteiger partial charge in [-0.15, -0.1) is 0 Å². The monoisotopic (exact) mass is 604 g/mol. The molecular formula is C27H26F2N4O6S2.